The average molecular weight is 216 g/mol. The topological polar surface area (TPSA) is 38.9 Å². The maximum atomic E-state index is 5.86. The molecule has 0 radical (unpaired) electrons. The van der Waals surface area contributed by atoms with E-state index in [2.05, 4.69) is 11.1 Å². The van der Waals surface area contributed by atoms with Gasteiger partial charge in [-0.1, -0.05) is 30.9 Å². The first-order valence-corrected chi connectivity index (χ1v) is 6.21. The van der Waals surface area contributed by atoms with Gasteiger partial charge in [0.05, 0.1) is 5.69 Å². The summed E-state index contributed by atoms with van der Waals surface area (Å²) in [5.74, 6) is 0.695. The number of nitrogens with zero attached hydrogens (tertiary/aromatic N) is 1. The molecule has 1 aromatic heterocycles. The molecule has 0 atom stereocenters. The van der Waals surface area contributed by atoms with Crippen molar-refractivity contribution in [3.8, 4) is 0 Å². The molecule has 0 saturated heterocycles. The third-order valence-electron chi connectivity index (χ3n) is 3.39. The zero-order valence-electron chi connectivity index (χ0n) is 9.73. The molecule has 1 saturated carbocycles. The van der Waals surface area contributed by atoms with Crippen molar-refractivity contribution in [1.29, 1.82) is 0 Å². The molecular formula is C14H20N2. The van der Waals surface area contributed by atoms with Crippen LogP contribution in [0.4, 0.5) is 0 Å². The molecule has 1 aliphatic rings. The minimum atomic E-state index is 0.668. The van der Waals surface area contributed by atoms with Crippen LogP contribution in [0.3, 0.4) is 0 Å². The van der Waals surface area contributed by atoms with Gasteiger partial charge < -0.3 is 5.73 Å². The van der Waals surface area contributed by atoms with Crippen LogP contribution in [0.1, 0.15) is 37.8 Å². The van der Waals surface area contributed by atoms with E-state index in [0.29, 0.717) is 12.5 Å². The molecule has 0 amide bonds. The standard InChI is InChI=1S/C14H20N2/c15-11-13(12-6-2-1-3-7-12)10-14-8-4-5-9-16-14/h4-5,8-10,12H,1-3,6-7,11,15H2. The normalized spacial score (nSPS) is 18.7. The minimum absolute atomic E-state index is 0.668. The largest absolute Gasteiger partial charge is 0.327 e. The Hall–Kier alpha value is -1.15. The Kier molecular flexibility index (Phi) is 4.11. The highest BCUT2D eigenvalue weighted by atomic mass is 14.7. The van der Waals surface area contributed by atoms with Crippen LogP contribution in [0, 0.1) is 5.92 Å². The number of rotatable bonds is 3. The Balaban J connectivity index is 2.12. The second-order valence-corrected chi connectivity index (χ2v) is 4.51. The van der Waals surface area contributed by atoms with Crippen LogP contribution in [-0.4, -0.2) is 11.5 Å². The lowest BCUT2D eigenvalue weighted by molar-refractivity contribution is 0.401. The van der Waals surface area contributed by atoms with Crippen LogP contribution < -0.4 is 5.73 Å². The van der Waals surface area contributed by atoms with E-state index in [4.69, 9.17) is 5.73 Å². The minimum Gasteiger partial charge on any atom is -0.327 e. The van der Waals surface area contributed by atoms with Gasteiger partial charge in [0.2, 0.25) is 0 Å². The summed E-state index contributed by atoms with van der Waals surface area (Å²) in [5, 5.41) is 0. The highest BCUT2D eigenvalue weighted by Crippen LogP contribution is 2.29. The van der Waals surface area contributed by atoms with E-state index in [1.807, 2.05) is 24.4 Å². The van der Waals surface area contributed by atoms with Gasteiger partial charge in [-0.15, -0.1) is 0 Å². The molecule has 2 rings (SSSR count). The SMILES string of the molecule is NCC(=Cc1ccccn1)C1CCCCC1. The Morgan fingerprint density at radius 2 is 2.12 bits per heavy atom. The van der Waals surface area contributed by atoms with Crippen molar-refractivity contribution in [2.45, 2.75) is 32.1 Å². The average Bonchev–Trinajstić information content (AvgIpc) is 2.38. The van der Waals surface area contributed by atoms with Crippen molar-refractivity contribution >= 4 is 6.08 Å². The molecule has 1 aliphatic carbocycles. The molecule has 2 N–H and O–H groups in total. The van der Waals surface area contributed by atoms with E-state index in [1.54, 1.807) is 0 Å². The molecule has 0 unspecified atom stereocenters. The fourth-order valence-corrected chi connectivity index (χ4v) is 2.47. The number of hydrogen-bond donors (Lipinski definition) is 1. The van der Waals surface area contributed by atoms with Gasteiger partial charge in [0.1, 0.15) is 0 Å². The lowest BCUT2D eigenvalue weighted by Crippen LogP contribution is -2.16. The van der Waals surface area contributed by atoms with Crippen LogP contribution in [0.2, 0.25) is 0 Å². The van der Waals surface area contributed by atoms with E-state index in [9.17, 15) is 0 Å². The van der Waals surface area contributed by atoms with Gasteiger partial charge in [-0.25, -0.2) is 0 Å². The number of hydrogen-bond acceptors (Lipinski definition) is 2. The maximum Gasteiger partial charge on any atom is 0.0629 e. The fourth-order valence-electron chi connectivity index (χ4n) is 2.47. The summed E-state index contributed by atoms with van der Waals surface area (Å²) in [6.07, 6.45) is 10.7. The van der Waals surface area contributed by atoms with Crippen LogP contribution in [0.25, 0.3) is 6.08 Å². The lowest BCUT2D eigenvalue weighted by atomic mass is 9.83. The van der Waals surface area contributed by atoms with Gasteiger partial charge in [0, 0.05) is 12.7 Å². The predicted molar refractivity (Wildman–Crippen MR) is 67.8 cm³/mol. The smallest absolute Gasteiger partial charge is 0.0629 e. The van der Waals surface area contributed by atoms with Crippen LogP contribution in [-0.2, 0) is 0 Å². The van der Waals surface area contributed by atoms with Gasteiger partial charge in [0.15, 0.2) is 0 Å². The summed E-state index contributed by atoms with van der Waals surface area (Å²) in [5.41, 5.74) is 8.26. The molecule has 0 bridgehead atoms. The molecule has 1 fully saturated rings. The number of pyridine rings is 1. The van der Waals surface area contributed by atoms with Crippen molar-refractivity contribution in [2.24, 2.45) is 11.7 Å². The molecule has 1 heterocycles. The highest BCUT2D eigenvalue weighted by Gasteiger charge is 2.16. The molecule has 0 aliphatic heterocycles. The third kappa shape index (κ3) is 2.92. The quantitative estimate of drug-likeness (QED) is 0.843. The van der Waals surface area contributed by atoms with Crippen molar-refractivity contribution in [1.82, 2.24) is 4.98 Å². The Labute approximate surface area is 97.6 Å². The van der Waals surface area contributed by atoms with E-state index < -0.39 is 0 Å². The van der Waals surface area contributed by atoms with Gasteiger partial charge in [-0.2, -0.15) is 0 Å². The molecule has 2 heteroatoms. The second-order valence-electron chi connectivity index (χ2n) is 4.51. The molecule has 0 aromatic carbocycles. The fraction of sp³-hybridized carbons (Fsp3) is 0.500. The molecule has 2 nitrogen and oxygen atoms in total. The van der Waals surface area contributed by atoms with E-state index >= 15 is 0 Å². The van der Waals surface area contributed by atoms with E-state index in [-0.39, 0.29) is 0 Å². The summed E-state index contributed by atoms with van der Waals surface area (Å²) in [6.45, 7) is 0.668. The van der Waals surface area contributed by atoms with Crippen molar-refractivity contribution in [3.63, 3.8) is 0 Å². The highest BCUT2D eigenvalue weighted by molar-refractivity contribution is 5.49. The Bertz CT molecular complexity index is 337. The van der Waals surface area contributed by atoms with Crippen LogP contribution >= 0.6 is 0 Å². The molecule has 1 aromatic rings. The second kappa shape index (κ2) is 5.80. The van der Waals surface area contributed by atoms with Crippen LogP contribution in [0.15, 0.2) is 30.0 Å². The Morgan fingerprint density at radius 1 is 1.31 bits per heavy atom. The summed E-state index contributed by atoms with van der Waals surface area (Å²) >= 11 is 0. The summed E-state index contributed by atoms with van der Waals surface area (Å²) < 4.78 is 0. The first kappa shape index (κ1) is 11.3. The zero-order valence-corrected chi connectivity index (χ0v) is 9.73. The molecular weight excluding hydrogens is 196 g/mol. The number of nitrogens with two attached hydrogens (primary N) is 1. The van der Waals surface area contributed by atoms with Crippen molar-refractivity contribution < 1.29 is 0 Å². The summed E-state index contributed by atoms with van der Waals surface area (Å²) in [6, 6.07) is 6.01. The predicted octanol–water partition coefficient (Wildman–Crippen LogP) is 3.00. The first-order chi connectivity index (χ1) is 7.90. The first-order valence-electron chi connectivity index (χ1n) is 6.21. The molecule has 0 spiro atoms. The lowest BCUT2D eigenvalue weighted by Gasteiger charge is -2.23. The third-order valence-corrected chi connectivity index (χ3v) is 3.39. The van der Waals surface area contributed by atoms with Gasteiger partial charge in [-0.3, -0.25) is 4.98 Å². The van der Waals surface area contributed by atoms with Crippen molar-refractivity contribution in [2.75, 3.05) is 6.54 Å². The van der Waals surface area contributed by atoms with Gasteiger partial charge in [0.25, 0.3) is 0 Å². The molecule has 86 valence electrons. The number of aromatic nitrogens is 1. The Morgan fingerprint density at radius 3 is 2.75 bits per heavy atom. The van der Waals surface area contributed by atoms with Gasteiger partial charge in [-0.05, 0) is 37.0 Å². The van der Waals surface area contributed by atoms with Crippen molar-refractivity contribution in [3.05, 3.63) is 35.7 Å². The van der Waals surface area contributed by atoms with E-state index in [1.165, 1.54) is 37.7 Å². The van der Waals surface area contributed by atoms with Crippen LogP contribution in [0.5, 0.6) is 0 Å². The zero-order chi connectivity index (χ0) is 11.2. The maximum absolute atomic E-state index is 5.86. The monoisotopic (exact) mass is 216 g/mol. The summed E-state index contributed by atoms with van der Waals surface area (Å²) in [7, 11) is 0. The van der Waals surface area contributed by atoms with E-state index in [0.717, 1.165) is 5.69 Å². The molecule has 16 heavy (non-hydrogen) atoms. The summed E-state index contributed by atoms with van der Waals surface area (Å²) in [4.78, 5) is 4.33. The van der Waals surface area contributed by atoms with Gasteiger partial charge >= 0.3 is 0 Å².